The van der Waals surface area contributed by atoms with E-state index in [9.17, 15) is 4.79 Å². The first kappa shape index (κ1) is 14.8. The van der Waals surface area contributed by atoms with Crippen molar-refractivity contribution < 1.29 is 4.79 Å². The molecule has 3 nitrogen and oxygen atoms in total. The Kier molecular flexibility index (Phi) is 4.54. The summed E-state index contributed by atoms with van der Waals surface area (Å²) >= 11 is 0. The van der Waals surface area contributed by atoms with Crippen LogP contribution < -0.4 is 5.32 Å². The molecule has 19 heavy (non-hydrogen) atoms. The van der Waals surface area contributed by atoms with Crippen molar-refractivity contribution in [1.82, 2.24) is 10.2 Å². The van der Waals surface area contributed by atoms with Crippen molar-refractivity contribution in [3.8, 4) is 0 Å². The average Bonchev–Trinajstić information content (AvgIpc) is 2.90. The summed E-state index contributed by atoms with van der Waals surface area (Å²) in [5.41, 5.74) is 0. The first-order valence-electron chi connectivity index (χ1n) is 8.09. The minimum atomic E-state index is 0.0399. The molecule has 6 atom stereocenters. The summed E-state index contributed by atoms with van der Waals surface area (Å²) in [7, 11) is 0. The number of carbonyl (C=O) groups excluding carboxylic acids is 1. The van der Waals surface area contributed by atoms with E-state index in [1.54, 1.807) is 0 Å². The Morgan fingerprint density at radius 3 is 2.47 bits per heavy atom. The third-order valence-corrected chi connectivity index (χ3v) is 5.61. The summed E-state index contributed by atoms with van der Waals surface area (Å²) in [6.45, 7) is 11.2. The van der Waals surface area contributed by atoms with Crippen LogP contribution in [0.3, 0.4) is 0 Å². The molecule has 2 rings (SSSR count). The van der Waals surface area contributed by atoms with E-state index in [2.05, 4.69) is 44.8 Å². The van der Waals surface area contributed by atoms with Crippen LogP contribution in [0.4, 0.5) is 0 Å². The molecule has 1 N–H and O–H groups in total. The number of hydrogen-bond acceptors (Lipinski definition) is 2. The first-order chi connectivity index (χ1) is 9.01. The predicted octanol–water partition coefficient (Wildman–Crippen LogP) is 3.00. The molecule has 1 saturated heterocycles. The molecule has 110 valence electrons. The van der Waals surface area contributed by atoms with Crippen LogP contribution in [0.25, 0.3) is 0 Å². The largest absolute Gasteiger partial charge is 0.323 e. The molecule has 1 aliphatic carbocycles. The summed E-state index contributed by atoms with van der Waals surface area (Å²) in [6, 6.07) is 0.493. The van der Waals surface area contributed by atoms with E-state index in [4.69, 9.17) is 0 Å². The van der Waals surface area contributed by atoms with Gasteiger partial charge in [0.2, 0.25) is 5.91 Å². The topological polar surface area (TPSA) is 32.3 Å². The summed E-state index contributed by atoms with van der Waals surface area (Å²) < 4.78 is 0. The molecule has 1 aliphatic heterocycles. The van der Waals surface area contributed by atoms with Gasteiger partial charge in [-0.1, -0.05) is 41.0 Å². The Morgan fingerprint density at radius 2 is 2.00 bits per heavy atom. The highest BCUT2D eigenvalue weighted by atomic mass is 16.2. The van der Waals surface area contributed by atoms with Gasteiger partial charge in [-0.05, 0) is 37.0 Å². The monoisotopic (exact) mass is 266 g/mol. The zero-order chi connectivity index (χ0) is 14.2. The zero-order valence-electron chi connectivity index (χ0n) is 13.1. The Labute approximate surface area is 118 Å². The van der Waals surface area contributed by atoms with E-state index in [1.165, 1.54) is 12.8 Å². The van der Waals surface area contributed by atoms with Crippen molar-refractivity contribution in [2.24, 2.45) is 17.8 Å². The highest BCUT2D eigenvalue weighted by Gasteiger charge is 2.46. The molecular weight excluding hydrogens is 236 g/mol. The van der Waals surface area contributed by atoms with Crippen LogP contribution in [0.1, 0.15) is 60.3 Å². The van der Waals surface area contributed by atoms with Gasteiger partial charge < -0.3 is 4.90 Å². The smallest absolute Gasteiger partial charge is 0.241 e. The SMILES string of the molecule is CCC(C)C1NC(CC)N(C2CCC(C)C2C)C1=O. The van der Waals surface area contributed by atoms with E-state index >= 15 is 0 Å². The van der Waals surface area contributed by atoms with Crippen molar-refractivity contribution in [1.29, 1.82) is 0 Å². The van der Waals surface area contributed by atoms with Crippen molar-refractivity contribution in [2.75, 3.05) is 0 Å². The minimum absolute atomic E-state index is 0.0399. The zero-order valence-corrected chi connectivity index (χ0v) is 13.1. The molecular formula is C16H30N2O. The summed E-state index contributed by atoms with van der Waals surface area (Å²) in [6.07, 6.45) is 4.77. The number of nitrogens with one attached hydrogen (secondary N) is 1. The lowest BCUT2D eigenvalue weighted by Crippen LogP contribution is -2.46. The van der Waals surface area contributed by atoms with Crippen LogP contribution >= 0.6 is 0 Å². The van der Waals surface area contributed by atoms with E-state index in [0.29, 0.717) is 23.8 Å². The maximum atomic E-state index is 12.8. The Bertz CT molecular complexity index is 331. The molecule has 6 unspecified atom stereocenters. The Hall–Kier alpha value is -0.570. The summed E-state index contributed by atoms with van der Waals surface area (Å²) in [5, 5.41) is 3.58. The van der Waals surface area contributed by atoms with Gasteiger partial charge in [-0.25, -0.2) is 0 Å². The van der Waals surface area contributed by atoms with E-state index in [1.807, 2.05) is 0 Å². The lowest BCUT2D eigenvalue weighted by molar-refractivity contribution is -0.133. The molecule has 3 heteroatoms. The highest BCUT2D eigenvalue weighted by Crippen LogP contribution is 2.38. The average molecular weight is 266 g/mol. The number of rotatable bonds is 4. The van der Waals surface area contributed by atoms with Crippen LogP contribution in [-0.4, -0.2) is 29.1 Å². The molecule has 0 aromatic carbocycles. The summed E-state index contributed by atoms with van der Waals surface area (Å²) in [5.74, 6) is 2.17. The van der Waals surface area contributed by atoms with Gasteiger partial charge in [-0.3, -0.25) is 10.1 Å². The van der Waals surface area contributed by atoms with Crippen LogP contribution in [-0.2, 0) is 4.79 Å². The van der Waals surface area contributed by atoms with Crippen LogP contribution in [0, 0.1) is 17.8 Å². The Balaban J connectivity index is 2.16. The maximum absolute atomic E-state index is 12.8. The Morgan fingerprint density at radius 1 is 1.32 bits per heavy atom. The van der Waals surface area contributed by atoms with Crippen molar-refractivity contribution >= 4 is 5.91 Å². The van der Waals surface area contributed by atoms with Gasteiger partial charge in [-0.2, -0.15) is 0 Å². The fraction of sp³-hybridized carbons (Fsp3) is 0.938. The molecule has 1 amide bonds. The maximum Gasteiger partial charge on any atom is 0.241 e. The van der Waals surface area contributed by atoms with E-state index in [-0.39, 0.29) is 12.2 Å². The normalized spacial score (nSPS) is 41.0. The van der Waals surface area contributed by atoms with Crippen LogP contribution in [0.15, 0.2) is 0 Å². The molecule has 1 heterocycles. The molecule has 2 aliphatic rings. The highest BCUT2D eigenvalue weighted by molar-refractivity contribution is 5.85. The molecule has 0 bridgehead atoms. The van der Waals surface area contributed by atoms with Gasteiger partial charge in [0.05, 0.1) is 12.2 Å². The van der Waals surface area contributed by atoms with E-state index in [0.717, 1.165) is 18.8 Å². The van der Waals surface area contributed by atoms with Crippen molar-refractivity contribution in [3.05, 3.63) is 0 Å². The van der Waals surface area contributed by atoms with E-state index < -0.39 is 0 Å². The molecule has 0 aromatic heterocycles. The molecule has 2 fully saturated rings. The minimum Gasteiger partial charge on any atom is -0.323 e. The lowest BCUT2D eigenvalue weighted by atomic mass is 9.95. The van der Waals surface area contributed by atoms with Crippen molar-refractivity contribution in [3.63, 3.8) is 0 Å². The van der Waals surface area contributed by atoms with Gasteiger partial charge in [0.1, 0.15) is 0 Å². The third-order valence-electron chi connectivity index (χ3n) is 5.61. The van der Waals surface area contributed by atoms with Crippen molar-refractivity contribution in [2.45, 2.75) is 78.6 Å². The number of hydrogen-bond donors (Lipinski definition) is 1. The molecule has 0 radical (unpaired) electrons. The second-order valence-corrected chi connectivity index (χ2v) is 6.68. The fourth-order valence-corrected chi connectivity index (χ4v) is 3.76. The summed E-state index contributed by atoms with van der Waals surface area (Å²) in [4.78, 5) is 15.0. The second kappa shape index (κ2) is 5.82. The van der Waals surface area contributed by atoms with Crippen LogP contribution in [0.5, 0.6) is 0 Å². The lowest BCUT2D eigenvalue weighted by Gasteiger charge is -2.33. The van der Waals surface area contributed by atoms with Gasteiger partial charge in [-0.15, -0.1) is 0 Å². The first-order valence-corrected chi connectivity index (χ1v) is 8.09. The second-order valence-electron chi connectivity index (χ2n) is 6.68. The molecule has 0 spiro atoms. The number of nitrogens with zero attached hydrogens (tertiary/aromatic N) is 1. The van der Waals surface area contributed by atoms with Gasteiger partial charge >= 0.3 is 0 Å². The quantitative estimate of drug-likeness (QED) is 0.848. The van der Waals surface area contributed by atoms with Gasteiger partial charge in [0.25, 0.3) is 0 Å². The van der Waals surface area contributed by atoms with Crippen LogP contribution in [0.2, 0.25) is 0 Å². The van der Waals surface area contributed by atoms with Gasteiger partial charge in [0.15, 0.2) is 0 Å². The molecule has 1 saturated carbocycles. The predicted molar refractivity (Wildman–Crippen MR) is 78.7 cm³/mol. The fourth-order valence-electron chi connectivity index (χ4n) is 3.76. The number of carbonyl (C=O) groups is 1. The number of amides is 1. The standard InChI is InChI=1S/C16H30N2O/c1-6-10(3)15-16(19)18(14(7-2)17-15)13-9-8-11(4)12(13)5/h10-15,17H,6-9H2,1-5H3. The van der Waals surface area contributed by atoms with Gasteiger partial charge in [0, 0.05) is 6.04 Å². The third kappa shape index (κ3) is 2.54. The molecule has 0 aromatic rings.